The van der Waals surface area contributed by atoms with E-state index in [1.54, 1.807) is 0 Å². The van der Waals surface area contributed by atoms with Crippen molar-refractivity contribution in [2.24, 2.45) is 0 Å². The van der Waals surface area contributed by atoms with Crippen molar-refractivity contribution in [2.75, 3.05) is 65.6 Å². The topological polar surface area (TPSA) is 65.1 Å². The van der Waals surface area contributed by atoms with Gasteiger partial charge in [-0.15, -0.1) is 0 Å². The fourth-order valence-electron chi connectivity index (χ4n) is 3.28. The van der Waals surface area contributed by atoms with Gasteiger partial charge in [0.2, 0.25) is 5.91 Å². The Morgan fingerprint density at radius 2 is 1.62 bits per heavy atom. The fourth-order valence-corrected chi connectivity index (χ4v) is 3.28. The summed E-state index contributed by atoms with van der Waals surface area (Å²) in [5, 5.41) is 2.99. The number of nitrogens with one attached hydrogen (secondary N) is 1. The number of carbonyl (C=O) groups excluding carboxylic acids is 2. The summed E-state index contributed by atoms with van der Waals surface area (Å²) in [6.07, 6.45) is 0.834. The number of benzene rings is 1. The van der Waals surface area contributed by atoms with Crippen LogP contribution in [-0.2, 0) is 16.0 Å². The highest BCUT2D eigenvalue weighted by molar-refractivity contribution is 5.78. The summed E-state index contributed by atoms with van der Waals surface area (Å²) in [6.45, 7) is 6.49. The molecule has 0 radical (unpaired) electrons. The number of ether oxygens (including phenoxy) is 1. The van der Waals surface area contributed by atoms with Crippen LogP contribution in [0.1, 0.15) is 5.56 Å². The second-order valence-corrected chi connectivity index (χ2v) is 6.72. The van der Waals surface area contributed by atoms with Gasteiger partial charge in [-0.25, -0.2) is 4.79 Å². The summed E-state index contributed by atoms with van der Waals surface area (Å²) in [5.41, 5.74) is 1.22. The molecule has 2 fully saturated rings. The van der Waals surface area contributed by atoms with Gasteiger partial charge in [0, 0.05) is 45.8 Å². The molecule has 0 aliphatic carbocycles. The zero-order valence-electron chi connectivity index (χ0n) is 15.2. The Morgan fingerprint density at radius 3 is 2.31 bits per heavy atom. The number of piperazine rings is 1. The van der Waals surface area contributed by atoms with Crippen molar-refractivity contribution in [2.45, 2.75) is 6.42 Å². The van der Waals surface area contributed by atoms with Crippen molar-refractivity contribution in [3.63, 3.8) is 0 Å². The SMILES string of the molecule is O=C(CN1CCN(C(=O)NCCc2ccccc2)CC1)N1CCOCC1. The van der Waals surface area contributed by atoms with E-state index in [2.05, 4.69) is 22.3 Å². The molecule has 0 unspecified atom stereocenters. The lowest BCUT2D eigenvalue weighted by molar-refractivity contribution is -0.136. The number of hydrogen-bond acceptors (Lipinski definition) is 4. The van der Waals surface area contributed by atoms with E-state index in [1.807, 2.05) is 28.0 Å². The van der Waals surface area contributed by atoms with Crippen LogP contribution in [0.2, 0.25) is 0 Å². The summed E-state index contributed by atoms with van der Waals surface area (Å²) in [6, 6.07) is 10.1. The number of rotatable bonds is 5. The predicted molar refractivity (Wildman–Crippen MR) is 99.0 cm³/mol. The minimum atomic E-state index is -0.0138. The minimum Gasteiger partial charge on any atom is -0.378 e. The molecule has 0 atom stereocenters. The third-order valence-electron chi connectivity index (χ3n) is 4.91. The molecule has 3 rings (SSSR count). The summed E-state index contributed by atoms with van der Waals surface area (Å²) >= 11 is 0. The van der Waals surface area contributed by atoms with Crippen LogP contribution in [0.25, 0.3) is 0 Å². The lowest BCUT2D eigenvalue weighted by atomic mass is 10.1. The Labute approximate surface area is 154 Å². The molecule has 2 saturated heterocycles. The lowest BCUT2D eigenvalue weighted by Gasteiger charge is -2.36. The standard InChI is InChI=1S/C19H28N4O3/c24-18(22-12-14-26-15-13-22)16-21-8-10-23(11-9-21)19(25)20-7-6-17-4-2-1-3-5-17/h1-5H,6-16H2,(H,20,25). The number of hydrogen-bond donors (Lipinski definition) is 1. The van der Waals surface area contributed by atoms with Gasteiger partial charge in [0.15, 0.2) is 0 Å². The maximum absolute atomic E-state index is 12.3. The van der Waals surface area contributed by atoms with Crippen LogP contribution < -0.4 is 5.32 Å². The average molecular weight is 360 g/mol. The molecule has 2 aliphatic rings. The van der Waals surface area contributed by atoms with Gasteiger partial charge in [-0.1, -0.05) is 30.3 Å². The van der Waals surface area contributed by atoms with Crippen LogP contribution in [-0.4, -0.2) is 92.2 Å². The molecule has 0 aromatic heterocycles. The third-order valence-corrected chi connectivity index (χ3v) is 4.91. The zero-order chi connectivity index (χ0) is 18.2. The molecule has 7 nitrogen and oxygen atoms in total. The van der Waals surface area contributed by atoms with Gasteiger partial charge in [-0.05, 0) is 12.0 Å². The monoisotopic (exact) mass is 360 g/mol. The van der Waals surface area contributed by atoms with Crippen LogP contribution in [0.3, 0.4) is 0 Å². The first-order chi connectivity index (χ1) is 12.7. The van der Waals surface area contributed by atoms with Crippen molar-refractivity contribution in [1.29, 1.82) is 0 Å². The summed E-state index contributed by atoms with van der Waals surface area (Å²) in [7, 11) is 0. The molecule has 1 aromatic carbocycles. The van der Waals surface area contributed by atoms with Gasteiger partial charge in [0.1, 0.15) is 0 Å². The Bertz CT molecular complexity index is 582. The number of morpholine rings is 1. The highest BCUT2D eigenvalue weighted by Gasteiger charge is 2.24. The summed E-state index contributed by atoms with van der Waals surface area (Å²) in [5.74, 6) is 0.161. The van der Waals surface area contributed by atoms with Crippen molar-refractivity contribution in [3.05, 3.63) is 35.9 Å². The summed E-state index contributed by atoms with van der Waals surface area (Å²) in [4.78, 5) is 30.4. The second-order valence-electron chi connectivity index (χ2n) is 6.72. The van der Waals surface area contributed by atoms with Crippen molar-refractivity contribution < 1.29 is 14.3 Å². The van der Waals surface area contributed by atoms with Gasteiger partial charge >= 0.3 is 6.03 Å². The highest BCUT2D eigenvalue weighted by Crippen LogP contribution is 2.05. The molecule has 2 heterocycles. The number of nitrogens with zero attached hydrogens (tertiary/aromatic N) is 3. The van der Waals surface area contributed by atoms with Crippen LogP contribution >= 0.6 is 0 Å². The molecular weight excluding hydrogens is 332 g/mol. The quantitative estimate of drug-likeness (QED) is 0.826. The van der Waals surface area contributed by atoms with Gasteiger partial charge in [-0.2, -0.15) is 0 Å². The molecule has 0 saturated carbocycles. The third kappa shape index (κ3) is 5.44. The van der Waals surface area contributed by atoms with E-state index in [1.165, 1.54) is 5.56 Å². The van der Waals surface area contributed by atoms with E-state index in [0.717, 1.165) is 19.5 Å². The Hall–Kier alpha value is -2.12. The predicted octanol–water partition coefficient (Wildman–Crippen LogP) is 0.415. The molecule has 26 heavy (non-hydrogen) atoms. The maximum atomic E-state index is 12.3. The van der Waals surface area contributed by atoms with E-state index in [0.29, 0.717) is 52.5 Å². The van der Waals surface area contributed by atoms with Gasteiger partial charge in [-0.3, -0.25) is 9.69 Å². The average Bonchev–Trinajstić information content (AvgIpc) is 2.70. The van der Waals surface area contributed by atoms with Gasteiger partial charge in [0.05, 0.1) is 19.8 Å². The molecule has 0 spiro atoms. The molecule has 142 valence electrons. The van der Waals surface area contributed by atoms with Crippen LogP contribution in [0.5, 0.6) is 0 Å². The fraction of sp³-hybridized carbons (Fsp3) is 0.579. The van der Waals surface area contributed by atoms with Crippen molar-refractivity contribution in [3.8, 4) is 0 Å². The summed E-state index contributed by atoms with van der Waals surface area (Å²) < 4.78 is 5.28. The number of amides is 3. The van der Waals surface area contributed by atoms with Crippen LogP contribution in [0.15, 0.2) is 30.3 Å². The first-order valence-electron chi connectivity index (χ1n) is 9.37. The van der Waals surface area contributed by atoms with Gasteiger partial charge in [0.25, 0.3) is 0 Å². The molecule has 3 amide bonds. The first-order valence-corrected chi connectivity index (χ1v) is 9.37. The molecule has 7 heteroatoms. The van der Waals surface area contributed by atoms with Crippen molar-refractivity contribution >= 4 is 11.9 Å². The van der Waals surface area contributed by atoms with E-state index in [-0.39, 0.29) is 11.9 Å². The van der Waals surface area contributed by atoms with Crippen LogP contribution in [0, 0.1) is 0 Å². The molecule has 0 bridgehead atoms. The maximum Gasteiger partial charge on any atom is 0.317 e. The normalized spacial score (nSPS) is 18.6. The van der Waals surface area contributed by atoms with Crippen LogP contribution in [0.4, 0.5) is 4.79 Å². The van der Waals surface area contributed by atoms with Crippen molar-refractivity contribution in [1.82, 2.24) is 20.0 Å². The lowest BCUT2D eigenvalue weighted by Crippen LogP contribution is -2.54. The molecule has 2 aliphatic heterocycles. The second kappa shape index (κ2) is 9.54. The zero-order valence-corrected chi connectivity index (χ0v) is 15.2. The Balaban J connectivity index is 1.33. The van der Waals surface area contributed by atoms with Gasteiger partial charge < -0.3 is 19.9 Å². The molecule has 1 N–H and O–H groups in total. The Kier molecular flexibility index (Phi) is 6.85. The minimum absolute atomic E-state index is 0.0138. The first kappa shape index (κ1) is 18.7. The van der Waals surface area contributed by atoms with E-state index in [9.17, 15) is 9.59 Å². The van der Waals surface area contributed by atoms with E-state index in [4.69, 9.17) is 4.74 Å². The number of carbonyl (C=O) groups is 2. The highest BCUT2D eigenvalue weighted by atomic mass is 16.5. The van der Waals surface area contributed by atoms with E-state index < -0.39 is 0 Å². The molecular formula is C19H28N4O3. The number of urea groups is 1. The van der Waals surface area contributed by atoms with E-state index >= 15 is 0 Å². The smallest absolute Gasteiger partial charge is 0.317 e. The Morgan fingerprint density at radius 1 is 0.923 bits per heavy atom. The molecule has 1 aromatic rings. The largest absolute Gasteiger partial charge is 0.378 e.